The van der Waals surface area contributed by atoms with Crippen LogP contribution in [0, 0.1) is 5.92 Å². The van der Waals surface area contributed by atoms with Gasteiger partial charge in [0.2, 0.25) is 0 Å². The van der Waals surface area contributed by atoms with Crippen molar-refractivity contribution < 1.29 is 0 Å². The van der Waals surface area contributed by atoms with Gasteiger partial charge in [0.1, 0.15) is 5.82 Å². The first-order chi connectivity index (χ1) is 6.66. The molecule has 1 aromatic rings. The van der Waals surface area contributed by atoms with Crippen LogP contribution < -0.4 is 11.1 Å². The predicted molar refractivity (Wildman–Crippen MR) is 62.2 cm³/mol. The summed E-state index contributed by atoms with van der Waals surface area (Å²) in [6.07, 6.45) is 4.34. The van der Waals surface area contributed by atoms with Gasteiger partial charge in [-0.15, -0.1) is 0 Å². The predicted octanol–water partition coefficient (Wildman–Crippen LogP) is 2.64. The Balaban J connectivity index is 2.07. The van der Waals surface area contributed by atoms with Gasteiger partial charge in [0, 0.05) is 6.04 Å². The topological polar surface area (TPSA) is 50.9 Å². The van der Waals surface area contributed by atoms with Crippen molar-refractivity contribution in [3.63, 3.8) is 0 Å². The Morgan fingerprint density at radius 2 is 2.36 bits per heavy atom. The number of rotatable bonds is 3. The van der Waals surface area contributed by atoms with Crippen LogP contribution >= 0.6 is 15.9 Å². The molecule has 4 heteroatoms. The number of nitrogen functional groups attached to an aromatic ring is 1. The minimum atomic E-state index is 0.502. The van der Waals surface area contributed by atoms with Crippen LogP contribution in [0.5, 0.6) is 0 Å². The molecule has 1 aromatic heterocycles. The molecule has 3 N–H and O–H groups in total. The van der Waals surface area contributed by atoms with Gasteiger partial charge >= 0.3 is 0 Å². The molecule has 0 radical (unpaired) electrons. The summed E-state index contributed by atoms with van der Waals surface area (Å²) in [6.45, 7) is 2.20. The Kier molecular flexibility index (Phi) is 2.63. The Hall–Kier alpha value is -0.770. The molecular formula is C10H14BrN3. The molecule has 2 rings (SSSR count). The summed E-state index contributed by atoms with van der Waals surface area (Å²) in [5.41, 5.74) is 6.29. The van der Waals surface area contributed by atoms with Crippen molar-refractivity contribution in [2.45, 2.75) is 25.8 Å². The second-order valence-electron chi connectivity index (χ2n) is 3.87. The molecule has 1 saturated carbocycles. The van der Waals surface area contributed by atoms with E-state index in [2.05, 4.69) is 33.2 Å². The fourth-order valence-corrected chi connectivity index (χ4v) is 1.97. The number of pyridine rings is 1. The molecule has 0 aliphatic heterocycles. The average Bonchev–Trinajstić information content (AvgIpc) is 2.92. The lowest BCUT2D eigenvalue weighted by Gasteiger charge is -2.14. The van der Waals surface area contributed by atoms with Crippen molar-refractivity contribution in [2.24, 2.45) is 5.92 Å². The van der Waals surface area contributed by atoms with Crippen LogP contribution in [0.25, 0.3) is 0 Å². The maximum Gasteiger partial charge on any atom is 0.140 e. The Labute approximate surface area is 92.2 Å². The normalized spacial score (nSPS) is 17.9. The fourth-order valence-electron chi connectivity index (χ4n) is 1.49. The van der Waals surface area contributed by atoms with Crippen molar-refractivity contribution in [3.8, 4) is 0 Å². The highest BCUT2D eigenvalue weighted by atomic mass is 79.9. The quantitative estimate of drug-likeness (QED) is 0.874. The minimum absolute atomic E-state index is 0.502. The van der Waals surface area contributed by atoms with Gasteiger partial charge < -0.3 is 11.1 Å². The third-order valence-electron chi connectivity index (χ3n) is 2.56. The standard InChI is InChI=1S/C10H14BrN3/c1-6(7-2-3-7)14-10-9(11)4-8(12)5-13-10/h4-7H,2-3,12H2,1H3,(H,13,14). The van der Waals surface area contributed by atoms with E-state index in [1.807, 2.05) is 6.07 Å². The van der Waals surface area contributed by atoms with E-state index >= 15 is 0 Å². The van der Waals surface area contributed by atoms with Crippen molar-refractivity contribution in [2.75, 3.05) is 11.1 Å². The maximum atomic E-state index is 5.61. The summed E-state index contributed by atoms with van der Waals surface area (Å²) in [6, 6.07) is 2.37. The largest absolute Gasteiger partial charge is 0.397 e. The highest BCUT2D eigenvalue weighted by molar-refractivity contribution is 9.10. The van der Waals surface area contributed by atoms with Crippen molar-refractivity contribution in [1.29, 1.82) is 0 Å². The second-order valence-corrected chi connectivity index (χ2v) is 4.72. The molecule has 1 heterocycles. The van der Waals surface area contributed by atoms with Crippen LogP contribution in [0.15, 0.2) is 16.7 Å². The Morgan fingerprint density at radius 1 is 1.64 bits per heavy atom. The summed E-state index contributed by atoms with van der Waals surface area (Å²) in [7, 11) is 0. The van der Waals surface area contributed by atoms with Crippen LogP contribution in [0.3, 0.4) is 0 Å². The van der Waals surface area contributed by atoms with E-state index in [1.54, 1.807) is 6.20 Å². The molecule has 1 aliphatic rings. The van der Waals surface area contributed by atoms with E-state index in [1.165, 1.54) is 12.8 Å². The molecule has 1 atom stereocenters. The number of anilines is 2. The zero-order chi connectivity index (χ0) is 10.1. The van der Waals surface area contributed by atoms with Crippen molar-refractivity contribution in [1.82, 2.24) is 4.98 Å². The van der Waals surface area contributed by atoms with E-state index in [0.29, 0.717) is 11.7 Å². The van der Waals surface area contributed by atoms with Gasteiger partial charge in [-0.3, -0.25) is 0 Å². The number of aromatic nitrogens is 1. The number of nitrogens with zero attached hydrogens (tertiary/aromatic N) is 1. The SMILES string of the molecule is CC(Nc1ncc(N)cc1Br)C1CC1. The number of nitrogens with two attached hydrogens (primary N) is 1. The summed E-state index contributed by atoms with van der Waals surface area (Å²) >= 11 is 3.44. The first kappa shape index (κ1) is 9.77. The second kappa shape index (κ2) is 3.77. The summed E-state index contributed by atoms with van der Waals surface area (Å²) in [5.74, 6) is 1.71. The lowest BCUT2D eigenvalue weighted by Crippen LogP contribution is -2.18. The van der Waals surface area contributed by atoms with Gasteiger partial charge in [-0.2, -0.15) is 0 Å². The van der Waals surface area contributed by atoms with E-state index in [4.69, 9.17) is 5.73 Å². The third-order valence-corrected chi connectivity index (χ3v) is 3.16. The number of hydrogen-bond donors (Lipinski definition) is 2. The zero-order valence-electron chi connectivity index (χ0n) is 8.13. The van der Waals surface area contributed by atoms with Gasteiger partial charge in [-0.05, 0) is 47.7 Å². The van der Waals surface area contributed by atoms with Gasteiger partial charge in [-0.25, -0.2) is 4.98 Å². The molecule has 0 bridgehead atoms. The molecule has 0 amide bonds. The Morgan fingerprint density at radius 3 is 2.93 bits per heavy atom. The molecule has 1 unspecified atom stereocenters. The summed E-state index contributed by atoms with van der Waals surface area (Å²) in [5, 5.41) is 3.39. The monoisotopic (exact) mass is 255 g/mol. The molecule has 14 heavy (non-hydrogen) atoms. The van der Waals surface area contributed by atoms with Crippen molar-refractivity contribution in [3.05, 3.63) is 16.7 Å². The van der Waals surface area contributed by atoms with E-state index < -0.39 is 0 Å². The molecule has 0 spiro atoms. The molecule has 3 nitrogen and oxygen atoms in total. The molecule has 0 saturated heterocycles. The average molecular weight is 256 g/mol. The number of nitrogens with one attached hydrogen (secondary N) is 1. The smallest absolute Gasteiger partial charge is 0.140 e. The first-order valence-electron chi connectivity index (χ1n) is 4.84. The highest BCUT2D eigenvalue weighted by Gasteiger charge is 2.28. The lowest BCUT2D eigenvalue weighted by atomic mass is 10.2. The van der Waals surface area contributed by atoms with Gasteiger partial charge in [0.25, 0.3) is 0 Å². The molecule has 76 valence electrons. The van der Waals surface area contributed by atoms with Gasteiger partial charge in [-0.1, -0.05) is 0 Å². The van der Waals surface area contributed by atoms with Crippen LogP contribution in [-0.4, -0.2) is 11.0 Å². The fraction of sp³-hybridized carbons (Fsp3) is 0.500. The van der Waals surface area contributed by atoms with Gasteiger partial charge in [0.15, 0.2) is 0 Å². The summed E-state index contributed by atoms with van der Waals surface area (Å²) in [4.78, 5) is 4.24. The summed E-state index contributed by atoms with van der Waals surface area (Å²) < 4.78 is 0.935. The maximum absolute atomic E-state index is 5.61. The van der Waals surface area contributed by atoms with Crippen LogP contribution in [0.4, 0.5) is 11.5 Å². The molecule has 1 aliphatic carbocycles. The van der Waals surface area contributed by atoms with Crippen LogP contribution in [0.2, 0.25) is 0 Å². The number of hydrogen-bond acceptors (Lipinski definition) is 3. The van der Waals surface area contributed by atoms with E-state index in [9.17, 15) is 0 Å². The van der Waals surface area contributed by atoms with Crippen LogP contribution in [-0.2, 0) is 0 Å². The first-order valence-corrected chi connectivity index (χ1v) is 5.63. The van der Waals surface area contributed by atoms with Crippen LogP contribution in [0.1, 0.15) is 19.8 Å². The highest BCUT2D eigenvalue weighted by Crippen LogP contribution is 2.34. The molecule has 0 aromatic carbocycles. The molecular weight excluding hydrogens is 242 g/mol. The lowest BCUT2D eigenvalue weighted by molar-refractivity contribution is 0.690. The van der Waals surface area contributed by atoms with Crippen molar-refractivity contribution >= 4 is 27.4 Å². The van der Waals surface area contributed by atoms with Gasteiger partial charge in [0.05, 0.1) is 16.4 Å². The minimum Gasteiger partial charge on any atom is -0.397 e. The van der Waals surface area contributed by atoms with E-state index in [0.717, 1.165) is 16.2 Å². The number of halogens is 1. The Bertz CT molecular complexity index is 336. The molecule has 1 fully saturated rings. The van der Waals surface area contributed by atoms with E-state index in [-0.39, 0.29) is 0 Å². The third kappa shape index (κ3) is 2.18. The zero-order valence-corrected chi connectivity index (χ0v) is 9.71.